The van der Waals surface area contributed by atoms with Gasteiger partial charge < -0.3 is 15.8 Å². The number of aliphatic hydroxyl groups excluding tert-OH is 1. The maximum Gasteiger partial charge on any atom is 0.111 e. The molecule has 4 N–H and O–H groups in total. The number of rotatable bonds is 6. The molecule has 3 aliphatic rings. The summed E-state index contributed by atoms with van der Waals surface area (Å²) in [6.45, 7) is 11.3. The first-order valence-corrected chi connectivity index (χ1v) is 12.9. The molecule has 1 fully saturated rings. The Kier molecular flexibility index (Phi) is 6.76. The summed E-state index contributed by atoms with van der Waals surface area (Å²) in [4.78, 5) is 15.1. The van der Waals surface area contributed by atoms with Gasteiger partial charge in [-0.3, -0.25) is 9.89 Å². The lowest BCUT2D eigenvalue weighted by Crippen LogP contribution is -2.35. The summed E-state index contributed by atoms with van der Waals surface area (Å²) in [5, 5.41) is 11.4. The number of piperidine rings is 1. The molecule has 1 aromatic heterocycles. The van der Waals surface area contributed by atoms with Crippen molar-refractivity contribution in [2.24, 2.45) is 15.7 Å². The summed E-state index contributed by atoms with van der Waals surface area (Å²) in [5.74, 6) is 0.933. The number of aliphatic hydroxyl groups is 1. The Morgan fingerprint density at radius 3 is 2.77 bits per heavy atom. The highest BCUT2D eigenvalue weighted by molar-refractivity contribution is 6.12. The highest BCUT2D eigenvalue weighted by Gasteiger charge is 2.26. The number of aromatic nitrogens is 1. The monoisotopic (exact) mass is 471 g/mol. The van der Waals surface area contributed by atoms with Crippen LogP contribution in [0.3, 0.4) is 0 Å². The second kappa shape index (κ2) is 9.96. The Balaban J connectivity index is 1.49. The van der Waals surface area contributed by atoms with Crippen molar-refractivity contribution in [1.82, 2.24) is 9.88 Å². The van der Waals surface area contributed by atoms with E-state index in [4.69, 9.17) is 5.73 Å². The van der Waals surface area contributed by atoms with E-state index >= 15 is 0 Å². The molecule has 1 unspecified atom stereocenters. The maximum atomic E-state index is 10.1. The van der Waals surface area contributed by atoms with Gasteiger partial charge in [0.05, 0.1) is 18.4 Å². The molecule has 3 heterocycles. The predicted molar refractivity (Wildman–Crippen MR) is 146 cm³/mol. The average Bonchev–Trinajstić information content (AvgIpc) is 3.43. The van der Waals surface area contributed by atoms with Crippen LogP contribution in [0.4, 0.5) is 0 Å². The molecule has 5 rings (SSSR count). The molecule has 1 aliphatic carbocycles. The fourth-order valence-corrected chi connectivity index (χ4v) is 5.88. The van der Waals surface area contributed by atoms with Crippen molar-refractivity contribution in [1.29, 1.82) is 0 Å². The summed E-state index contributed by atoms with van der Waals surface area (Å²) in [6, 6.07) is 7.03. The van der Waals surface area contributed by atoms with Crippen LogP contribution in [0.15, 0.2) is 58.2 Å². The summed E-state index contributed by atoms with van der Waals surface area (Å²) >= 11 is 0. The van der Waals surface area contributed by atoms with Crippen molar-refractivity contribution >= 4 is 28.5 Å². The number of aliphatic imine (C=N–C) groups is 2. The Bertz CT molecular complexity index is 1240. The molecule has 1 atom stereocenters. The zero-order chi connectivity index (χ0) is 24.5. The molecule has 6 nitrogen and oxygen atoms in total. The highest BCUT2D eigenvalue weighted by Crippen LogP contribution is 2.38. The van der Waals surface area contributed by atoms with E-state index in [1.807, 2.05) is 0 Å². The first kappa shape index (κ1) is 23.8. The smallest absolute Gasteiger partial charge is 0.111 e. The van der Waals surface area contributed by atoms with E-state index in [1.165, 1.54) is 22.0 Å². The quantitative estimate of drug-likeness (QED) is 0.560. The van der Waals surface area contributed by atoms with Gasteiger partial charge in [0.2, 0.25) is 0 Å². The fourth-order valence-electron chi connectivity index (χ4n) is 5.88. The van der Waals surface area contributed by atoms with E-state index < -0.39 is 0 Å². The summed E-state index contributed by atoms with van der Waals surface area (Å²) in [5.41, 5.74) is 14.6. The molecule has 2 aliphatic heterocycles. The minimum absolute atomic E-state index is 0.0341. The van der Waals surface area contributed by atoms with Crippen LogP contribution in [-0.4, -0.2) is 59.3 Å². The number of nitrogens with two attached hydrogens (primary N) is 1. The van der Waals surface area contributed by atoms with Gasteiger partial charge in [-0.2, -0.15) is 0 Å². The number of nitrogens with one attached hydrogen (secondary N) is 1. The van der Waals surface area contributed by atoms with E-state index in [9.17, 15) is 5.11 Å². The number of hydrogen-bond donors (Lipinski definition) is 3. The molecule has 0 saturated carbocycles. The van der Waals surface area contributed by atoms with Gasteiger partial charge in [-0.1, -0.05) is 32.6 Å². The minimum Gasteiger partial charge on any atom is -0.401 e. The van der Waals surface area contributed by atoms with Gasteiger partial charge in [-0.15, -0.1) is 0 Å². The highest BCUT2D eigenvalue weighted by atomic mass is 16.3. The Morgan fingerprint density at radius 1 is 1.26 bits per heavy atom. The van der Waals surface area contributed by atoms with Crippen LogP contribution < -0.4 is 5.73 Å². The largest absolute Gasteiger partial charge is 0.401 e. The first-order valence-electron chi connectivity index (χ1n) is 12.9. The SMILES string of the molecule is C=C(N)CN1CCC(c2ccc3[nH]c(C4=C/CCC5N=CN=C5/C(CO)=C\4)c(C(C)C)c3c2)CC1. The van der Waals surface area contributed by atoms with Crippen molar-refractivity contribution in [2.45, 2.75) is 57.4 Å². The van der Waals surface area contributed by atoms with Gasteiger partial charge in [-0.05, 0) is 85.5 Å². The molecule has 6 heteroatoms. The van der Waals surface area contributed by atoms with Gasteiger partial charge >= 0.3 is 0 Å². The van der Waals surface area contributed by atoms with Gasteiger partial charge in [0.1, 0.15) is 6.34 Å². The van der Waals surface area contributed by atoms with Crippen LogP contribution in [-0.2, 0) is 0 Å². The third kappa shape index (κ3) is 4.78. The minimum atomic E-state index is -0.0341. The second-order valence-corrected chi connectivity index (χ2v) is 10.4. The van der Waals surface area contributed by atoms with Crippen molar-refractivity contribution in [3.8, 4) is 0 Å². The van der Waals surface area contributed by atoms with Crippen molar-refractivity contribution in [3.63, 3.8) is 0 Å². The molecular weight excluding hydrogens is 434 g/mol. The number of aromatic amines is 1. The number of benzene rings is 1. The topological polar surface area (TPSA) is 90.0 Å². The fraction of sp³-hybridized carbons (Fsp3) is 0.448. The van der Waals surface area contributed by atoms with E-state index in [0.29, 0.717) is 11.8 Å². The third-order valence-corrected chi connectivity index (χ3v) is 7.61. The second-order valence-electron chi connectivity index (χ2n) is 10.4. The Morgan fingerprint density at radius 2 is 2.06 bits per heavy atom. The van der Waals surface area contributed by atoms with Gasteiger partial charge in [0.15, 0.2) is 0 Å². The van der Waals surface area contributed by atoms with Crippen LogP contribution in [0.1, 0.15) is 68.2 Å². The summed E-state index contributed by atoms with van der Waals surface area (Å²) in [7, 11) is 0. The number of likely N-dealkylation sites (tertiary alicyclic amines) is 1. The average molecular weight is 472 g/mol. The van der Waals surface area contributed by atoms with Gasteiger partial charge in [0, 0.05) is 34.4 Å². The predicted octanol–water partition coefficient (Wildman–Crippen LogP) is 4.89. The van der Waals surface area contributed by atoms with Crippen molar-refractivity contribution in [3.05, 3.63) is 65.0 Å². The standard InChI is InChI=1S/C29H37N5O/c1-18(2)27-24-14-21(20-9-11-34(12-10-20)15-19(3)30)7-8-25(24)33-29(27)22-5-4-6-26-28(32-17-31-26)23(13-22)16-35/h5,7-8,13-14,17-18,20,26,33,35H,3-4,6,9-12,15-16,30H2,1-2H3/b22-5+,23-13-. The molecule has 1 saturated heterocycles. The molecule has 184 valence electrons. The molecule has 35 heavy (non-hydrogen) atoms. The Hall–Kier alpha value is -2.96. The Labute approximate surface area is 208 Å². The zero-order valence-corrected chi connectivity index (χ0v) is 20.9. The van der Waals surface area contributed by atoms with Gasteiger partial charge in [0.25, 0.3) is 0 Å². The van der Waals surface area contributed by atoms with Crippen LogP contribution in [0.2, 0.25) is 0 Å². The van der Waals surface area contributed by atoms with E-state index in [0.717, 1.165) is 73.6 Å². The van der Waals surface area contributed by atoms with Crippen molar-refractivity contribution < 1.29 is 5.11 Å². The van der Waals surface area contributed by atoms with Crippen LogP contribution in [0.25, 0.3) is 16.5 Å². The lowest BCUT2D eigenvalue weighted by molar-refractivity contribution is 0.228. The van der Waals surface area contributed by atoms with E-state index in [-0.39, 0.29) is 12.6 Å². The number of allylic oxidation sites excluding steroid dienone is 3. The normalized spacial score (nSPS) is 24.5. The molecular formula is C29H37N5O. The van der Waals surface area contributed by atoms with Gasteiger partial charge in [-0.25, -0.2) is 4.99 Å². The molecule has 0 radical (unpaired) electrons. The first-order chi connectivity index (χ1) is 16.9. The van der Waals surface area contributed by atoms with Crippen LogP contribution in [0.5, 0.6) is 0 Å². The molecule has 2 aromatic rings. The maximum absolute atomic E-state index is 10.1. The molecule has 0 bridgehead atoms. The third-order valence-electron chi connectivity index (χ3n) is 7.61. The summed E-state index contributed by atoms with van der Waals surface area (Å²) < 4.78 is 0. The molecule has 0 spiro atoms. The molecule has 1 aromatic carbocycles. The van der Waals surface area contributed by atoms with E-state index in [1.54, 1.807) is 6.34 Å². The molecule has 0 amide bonds. The zero-order valence-electron chi connectivity index (χ0n) is 20.9. The number of nitrogens with zero attached hydrogens (tertiary/aromatic N) is 3. The number of hydrogen-bond acceptors (Lipinski definition) is 5. The summed E-state index contributed by atoms with van der Waals surface area (Å²) in [6.07, 6.45) is 10.2. The van der Waals surface area contributed by atoms with Crippen LogP contribution in [0, 0.1) is 0 Å². The number of H-pyrrole nitrogens is 1. The lowest BCUT2D eigenvalue weighted by Gasteiger charge is -2.32. The number of fused-ring (bicyclic) bond motifs is 2. The van der Waals surface area contributed by atoms with E-state index in [2.05, 4.69) is 70.6 Å². The lowest BCUT2D eigenvalue weighted by atomic mass is 9.87. The van der Waals surface area contributed by atoms with Crippen molar-refractivity contribution in [2.75, 3.05) is 26.2 Å². The van der Waals surface area contributed by atoms with Crippen LogP contribution >= 0.6 is 0 Å².